The van der Waals surface area contributed by atoms with Crippen LogP contribution in [0.15, 0.2) is 48.7 Å². The fourth-order valence-corrected chi connectivity index (χ4v) is 3.93. The number of fused-ring (bicyclic) bond motifs is 1. The number of carbonyl (C=O) groups excluding carboxylic acids is 1. The van der Waals surface area contributed by atoms with Crippen molar-refractivity contribution in [2.24, 2.45) is 0 Å². The van der Waals surface area contributed by atoms with E-state index in [1.165, 1.54) is 16.0 Å². The van der Waals surface area contributed by atoms with Gasteiger partial charge in [-0.05, 0) is 37.5 Å². The molecular formula is C22H23F3N4O. The Morgan fingerprint density at radius 1 is 1.13 bits per heavy atom. The minimum Gasteiger partial charge on any atom is -0.348 e. The Labute approximate surface area is 172 Å². The summed E-state index contributed by atoms with van der Waals surface area (Å²) in [6.45, 7) is 4.21. The van der Waals surface area contributed by atoms with Crippen LogP contribution in [0, 0.1) is 6.92 Å². The van der Waals surface area contributed by atoms with Gasteiger partial charge in [-0.3, -0.25) is 14.1 Å². The first-order chi connectivity index (χ1) is 14.3. The van der Waals surface area contributed by atoms with E-state index in [1.54, 1.807) is 6.92 Å². The molecule has 0 saturated carbocycles. The zero-order valence-electron chi connectivity index (χ0n) is 16.6. The number of nitrogens with one attached hydrogen (secondary N) is 1. The summed E-state index contributed by atoms with van der Waals surface area (Å²) < 4.78 is 40.5. The highest BCUT2D eigenvalue weighted by molar-refractivity contribution is 5.94. The number of nitrogens with zero attached hydrogens (tertiary/aromatic N) is 3. The van der Waals surface area contributed by atoms with Crippen LogP contribution in [0.2, 0.25) is 0 Å². The van der Waals surface area contributed by atoms with Crippen molar-refractivity contribution in [2.75, 3.05) is 13.1 Å². The molecule has 1 aromatic carbocycles. The Morgan fingerprint density at radius 2 is 1.83 bits per heavy atom. The molecule has 4 rings (SSSR count). The molecule has 1 amide bonds. The molecule has 1 aliphatic rings. The molecule has 1 saturated heterocycles. The molecule has 8 heteroatoms. The number of benzene rings is 1. The third-order valence-electron chi connectivity index (χ3n) is 5.51. The van der Waals surface area contributed by atoms with E-state index in [1.807, 2.05) is 18.2 Å². The summed E-state index contributed by atoms with van der Waals surface area (Å²) in [4.78, 5) is 19.5. The molecule has 5 nitrogen and oxygen atoms in total. The third kappa shape index (κ3) is 4.33. The molecule has 0 radical (unpaired) electrons. The first-order valence-corrected chi connectivity index (χ1v) is 9.94. The first kappa shape index (κ1) is 20.4. The number of aromatic nitrogens is 2. The summed E-state index contributed by atoms with van der Waals surface area (Å²) in [5.74, 6) is -0.388. The number of hydrogen-bond acceptors (Lipinski definition) is 3. The molecule has 30 heavy (non-hydrogen) atoms. The summed E-state index contributed by atoms with van der Waals surface area (Å²) in [5, 5.41) is 2.99. The van der Waals surface area contributed by atoms with Gasteiger partial charge < -0.3 is 5.32 Å². The smallest absolute Gasteiger partial charge is 0.348 e. The number of amides is 1. The highest BCUT2D eigenvalue weighted by Gasteiger charge is 2.32. The van der Waals surface area contributed by atoms with E-state index in [-0.39, 0.29) is 17.6 Å². The second-order valence-corrected chi connectivity index (χ2v) is 7.70. The van der Waals surface area contributed by atoms with Crippen molar-refractivity contribution in [3.8, 4) is 0 Å². The lowest BCUT2D eigenvalue weighted by molar-refractivity contribution is -0.137. The molecule has 1 N–H and O–H groups in total. The van der Waals surface area contributed by atoms with E-state index in [0.717, 1.165) is 44.7 Å². The fourth-order valence-electron chi connectivity index (χ4n) is 3.93. The van der Waals surface area contributed by atoms with E-state index in [0.29, 0.717) is 11.3 Å². The molecule has 158 valence electrons. The summed E-state index contributed by atoms with van der Waals surface area (Å²) >= 11 is 0. The molecule has 0 unspecified atom stereocenters. The van der Waals surface area contributed by atoms with Gasteiger partial charge in [0.05, 0.1) is 11.3 Å². The van der Waals surface area contributed by atoms with E-state index < -0.39 is 11.7 Å². The summed E-state index contributed by atoms with van der Waals surface area (Å²) in [6, 6.07) is 12.5. The van der Waals surface area contributed by atoms with Gasteiger partial charge in [0.1, 0.15) is 11.3 Å². The van der Waals surface area contributed by atoms with Crippen LogP contribution in [0.25, 0.3) is 5.65 Å². The van der Waals surface area contributed by atoms with Crippen molar-refractivity contribution in [1.82, 2.24) is 19.6 Å². The molecule has 0 bridgehead atoms. The van der Waals surface area contributed by atoms with Crippen LogP contribution in [0.4, 0.5) is 13.2 Å². The van der Waals surface area contributed by atoms with Gasteiger partial charge in [-0.1, -0.05) is 30.3 Å². The van der Waals surface area contributed by atoms with Crippen molar-refractivity contribution in [3.05, 3.63) is 71.2 Å². The maximum atomic E-state index is 13.1. The summed E-state index contributed by atoms with van der Waals surface area (Å²) in [6.07, 6.45) is -1.96. The van der Waals surface area contributed by atoms with Gasteiger partial charge in [-0.15, -0.1) is 0 Å². The predicted octanol–water partition coefficient (Wildman–Crippen LogP) is 4.06. The summed E-state index contributed by atoms with van der Waals surface area (Å²) in [7, 11) is 0. The SMILES string of the molecule is Cc1nc2ccc(C(F)(F)F)cn2c1C(=O)NC1CCN(Cc2ccccc2)CC1. The van der Waals surface area contributed by atoms with Crippen LogP contribution in [0.1, 0.15) is 40.2 Å². The van der Waals surface area contributed by atoms with Crippen LogP contribution in [-0.2, 0) is 12.7 Å². The largest absolute Gasteiger partial charge is 0.417 e. The number of rotatable bonds is 4. The zero-order chi connectivity index (χ0) is 21.3. The van der Waals surface area contributed by atoms with Crippen LogP contribution in [0.3, 0.4) is 0 Å². The van der Waals surface area contributed by atoms with Gasteiger partial charge in [-0.2, -0.15) is 13.2 Å². The van der Waals surface area contributed by atoms with Crippen molar-refractivity contribution in [1.29, 1.82) is 0 Å². The Balaban J connectivity index is 1.43. The van der Waals surface area contributed by atoms with E-state index in [4.69, 9.17) is 0 Å². The van der Waals surface area contributed by atoms with Gasteiger partial charge in [0.15, 0.2) is 0 Å². The van der Waals surface area contributed by atoms with Gasteiger partial charge in [-0.25, -0.2) is 4.98 Å². The molecule has 1 aliphatic heterocycles. The standard InChI is InChI=1S/C22H23F3N4O/c1-15-20(29-14-17(22(23,24)25)7-8-19(29)26-15)21(30)27-18-9-11-28(12-10-18)13-16-5-3-2-4-6-16/h2-8,14,18H,9-13H2,1H3,(H,27,30). The molecular weight excluding hydrogens is 393 g/mol. The molecule has 3 aromatic rings. The van der Waals surface area contributed by atoms with Crippen LogP contribution < -0.4 is 5.32 Å². The van der Waals surface area contributed by atoms with Crippen LogP contribution >= 0.6 is 0 Å². The molecule has 2 aromatic heterocycles. The lowest BCUT2D eigenvalue weighted by Gasteiger charge is -2.32. The number of hydrogen-bond donors (Lipinski definition) is 1. The van der Waals surface area contributed by atoms with Crippen molar-refractivity contribution < 1.29 is 18.0 Å². The second kappa shape index (κ2) is 8.10. The molecule has 1 fully saturated rings. The normalized spacial score (nSPS) is 16.1. The monoisotopic (exact) mass is 416 g/mol. The van der Waals surface area contributed by atoms with E-state index >= 15 is 0 Å². The lowest BCUT2D eigenvalue weighted by Crippen LogP contribution is -2.44. The molecule has 0 spiro atoms. The van der Waals surface area contributed by atoms with Gasteiger partial charge in [0.2, 0.25) is 0 Å². The predicted molar refractivity (Wildman–Crippen MR) is 107 cm³/mol. The van der Waals surface area contributed by atoms with E-state index in [9.17, 15) is 18.0 Å². The Hall–Kier alpha value is -2.87. The zero-order valence-corrected chi connectivity index (χ0v) is 16.6. The Morgan fingerprint density at radius 3 is 2.50 bits per heavy atom. The average Bonchev–Trinajstić information content (AvgIpc) is 3.04. The van der Waals surface area contributed by atoms with Crippen molar-refractivity contribution in [3.63, 3.8) is 0 Å². The molecule has 0 atom stereocenters. The topological polar surface area (TPSA) is 49.6 Å². The number of alkyl halides is 3. The maximum Gasteiger partial charge on any atom is 0.417 e. The van der Waals surface area contributed by atoms with Gasteiger partial charge in [0, 0.05) is 31.9 Å². The minimum absolute atomic E-state index is 0.0136. The van der Waals surface area contributed by atoms with Crippen LogP contribution in [0.5, 0.6) is 0 Å². The number of aryl methyl sites for hydroxylation is 1. The number of carbonyl (C=O) groups is 1. The fraction of sp³-hybridized carbons (Fsp3) is 0.364. The first-order valence-electron chi connectivity index (χ1n) is 9.94. The van der Waals surface area contributed by atoms with E-state index in [2.05, 4.69) is 27.3 Å². The second-order valence-electron chi connectivity index (χ2n) is 7.70. The average molecular weight is 416 g/mol. The third-order valence-corrected chi connectivity index (χ3v) is 5.51. The Bertz CT molecular complexity index is 1040. The number of halogens is 3. The van der Waals surface area contributed by atoms with Gasteiger partial charge in [0.25, 0.3) is 5.91 Å². The Kier molecular flexibility index (Phi) is 5.51. The van der Waals surface area contributed by atoms with Crippen molar-refractivity contribution in [2.45, 2.75) is 38.5 Å². The number of piperidine rings is 1. The van der Waals surface area contributed by atoms with Gasteiger partial charge >= 0.3 is 6.18 Å². The highest BCUT2D eigenvalue weighted by Crippen LogP contribution is 2.30. The maximum absolute atomic E-state index is 13.1. The molecule has 3 heterocycles. The quantitative estimate of drug-likeness (QED) is 0.698. The van der Waals surface area contributed by atoms with Crippen LogP contribution in [-0.4, -0.2) is 39.3 Å². The highest BCUT2D eigenvalue weighted by atomic mass is 19.4. The number of imidazole rings is 1. The summed E-state index contributed by atoms with van der Waals surface area (Å²) in [5.41, 5.74) is 1.33. The van der Waals surface area contributed by atoms with Crippen molar-refractivity contribution >= 4 is 11.6 Å². The molecule has 0 aliphatic carbocycles. The number of pyridine rings is 1. The lowest BCUT2D eigenvalue weighted by atomic mass is 10.0. The minimum atomic E-state index is -4.48. The number of likely N-dealkylation sites (tertiary alicyclic amines) is 1.